The van der Waals surface area contributed by atoms with Crippen LogP contribution in [0.3, 0.4) is 0 Å². The largest absolute Gasteiger partial charge is 0.465 e. The third-order valence-corrected chi connectivity index (χ3v) is 3.25. The van der Waals surface area contributed by atoms with E-state index in [2.05, 4.69) is 17.0 Å². The highest BCUT2D eigenvalue weighted by Gasteiger charge is 2.10. The number of anilines is 2. The van der Waals surface area contributed by atoms with Gasteiger partial charge in [-0.15, -0.1) is 0 Å². The van der Waals surface area contributed by atoms with Gasteiger partial charge in [-0.25, -0.2) is 4.79 Å². The van der Waals surface area contributed by atoms with E-state index in [1.165, 1.54) is 32.4 Å². The second kappa shape index (κ2) is 9.00. The van der Waals surface area contributed by atoms with Crippen molar-refractivity contribution >= 4 is 23.3 Å². The molecule has 0 saturated carbocycles. The van der Waals surface area contributed by atoms with Gasteiger partial charge in [0.1, 0.15) is 0 Å². The average molecular weight is 292 g/mol. The fraction of sp³-hybridized carbons (Fsp3) is 0.500. The monoisotopic (exact) mass is 292 g/mol. The lowest BCUT2D eigenvalue weighted by atomic mass is 10.1. The van der Waals surface area contributed by atoms with Gasteiger partial charge in [0, 0.05) is 6.42 Å². The minimum absolute atomic E-state index is 0.0518. The van der Waals surface area contributed by atoms with Gasteiger partial charge in [-0.3, -0.25) is 4.79 Å². The molecule has 1 rings (SSSR count). The highest BCUT2D eigenvalue weighted by Crippen LogP contribution is 2.21. The van der Waals surface area contributed by atoms with Gasteiger partial charge in [0.2, 0.25) is 5.91 Å². The molecule has 1 aromatic carbocycles. The molecule has 1 aromatic rings. The number of nitrogen functional groups attached to an aromatic ring is 1. The number of ether oxygens (including phenoxy) is 1. The van der Waals surface area contributed by atoms with Gasteiger partial charge in [-0.1, -0.05) is 32.6 Å². The molecule has 21 heavy (non-hydrogen) atoms. The van der Waals surface area contributed by atoms with Gasteiger partial charge in [-0.2, -0.15) is 0 Å². The number of nitrogens with one attached hydrogen (secondary N) is 1. The zero-order valence-corrected chi connectivity index (χ0v) is 12.8. The van der Waals surface area contributed by atoms with Crippen molar-refractivity contribution in [3.63, 3.8) is 0 Å². The quantitative estimate of drug-likeness (QED) is 0.437. The maximum absolute atomic E-state index is 11.8. The summed E-state index contributed by atoms with van der Waals surface area (Å²) in [4.78, 5) is 23.2. The highest BCUT2D eigenvalue weighted by molar-refractivity contribution is 5.96. The number of carbonyl (C=O) groups is 2. The summed E-state index contributed by atoms with van der Waals surface area (Å²) < 4.78 is 4.62. The van der Waals surface area contributed by atoms with Crippen LogP contribution in [0, 0.1) is 0 Å². The normalized spacial score (nSPS) is 10.2. The van der Waals surface area contributed by atoms with Crippen molar-refractivity contribution in [1.29, 1.82) is 0 Å². The Hall–Kier alpha value is -2.04. The number of esters is 1. The zero-order chi connectivity index (χ0) is 15.7. The van der Waals surface area contributed by atoms with E-state index in [4.69, 9.17) is 5.73 Å². The molecular weight excluding hydrogens is 268 g/mol. The fourth-order valence-electron chi connectivity index (χ4n) is 2.02. The van der Waals surface area contributed by atoms with E-state index < -0.39 is 5.97 Å². The van der Waals surface area contributed by atoms with Crippen molar-refractivity contribution in [2.24, 2.45) is 0 Å². The number of hydrogen-bond acceptors (Lipinski definition) is 4. The van der Waals surface area contributed by atoms with Crippen molar-refractivity contribution in [3.8, 4) is 0 Å². The summed E-state index contributed by atoms with van der Waals surface area (Å²) in [6.07, 6.45) is 6.00. The Morgan fingerprint density at radius 1 is 1.19 bits per heavy atom. The Kier molecular flexibility index (Phi) is 7.29. The molecule has 116 valence electrons. The summed E-state index contributed by atoms with van der Waals surface area (Å²) >= 11 is 0. The molecule has 0 spiro atoms. The lowest BCUT2D eigenvalue weighted by molar-refractivity contribution is -0.116. The Labute approximate surface area is 125 Å². The lowest BCUT2D eigenvalue weighted by Crippen LogP contribution is -2.13. The molecule has 0 aromatic heterocycles. The van der Waals surface area contributed by atoms with E-state index in [-0.39, 0.29) is 5.91 Å². The second-order valence-electron chi connectivity index (χ2n) is 5.01. The van der Waals surface area contributed by atoms with E-state index in [1.807, 2.05) is 0 Å². The van der Waals surface area contributed by atoms with Crippen LogP contribution < -0.4 is 11.1 Å². The number of amides is 1. The van der Waals surface area contributed by atoms with Crippen molar-refractivity contribution in [1.82, 2.24) is 0 Å². The molecule has 0 aliphatic carbocycles. The number of nitrogens with two attached hydrogens (primary N) is 1. The van der Waals surface area contributed by atoms with Crippen molar-refractivity contribution in [2.45, 2.75) is 45.4 Å². The van der Waals surface area contributed by atoms with Gasteiger partial charge < -0.3 is 15.8 Å². The molecule has 0 heterocycles. The van der Waals surface area contributed by atoms with Crippen LogP contribution in [0.25, 0.3) is 0 Å². The highest BCUT2D eigenvalue weighted by atomic mass is 16.5. The molecule has 0 bridgehead atoms. The lowest BCUT2D eigenvalue weighted by Gasteiger charge is -2.09. The van der Waals surface area contributed by atoms with Crippen LogP contribution in [0.5, 0.6) is 0 Å². The van der Waals surface area contributed by atoms with Crippen LogP contribution in [-0.2, 0) is 9.53 Å². The molecular formula is C16H24N2O3. The van der Waals surface area contributed by atoms with Crippen LogP contribution in [0.1, 0.15) is 55.8 Å². The van der Waals surface area contributed by atoms with Crippen LogP contribution in [0.4, 0.5) is 11.4 Å². The Bertz CT molecular complexity index is 486. The Morgan fingerprint density at radius 2 is 1.90 bits per heavy atom. The predicted molar refractivity (Wildman–Crippen MR) is 84.2 cm³/mol. The first-order valence-electron chi connectivity index (χ1n) is 7.36. The molecule has 0 aliphatic heterocycles. The summed E-state index contributed by atoms with van der Waals surface area (Å²) in [5, 5.41) is 2.77. The smallest absolute Gasteiger partial charge is 0.337 e. The first-order valence-corrected chi connectivity index (χ1v) is 7.36. The first kappa shape index (κ1) is 17.0. The number of rotatable bonds is 8. The third kappa shape index (κ3) is 5.85. The molecule has 1 amide bonds. The van der Waals surface area contributed by atoms with E-state index in [0.29, 0.717) is 23.4 Å². The van der Waals surface area contributed by atoms with Gasteiger partial charge in [0.15, 0.2) is 0 Å². The van der Waals surface area contributed by atoms with E-state index >= 15 is 0 Å². The number of hydrogen-bond donors (Lipinski definition) is 2. The standard InChI is InChI=1S/C16H24N2O3/c1-3-4-5-6-7-8-15(19)18-14-10-9-12(11-13(14)17)16(20)21-2/h9-11H,3-8,17H2,1-2H3,(H,18,19). The molecule has 3 N–H and O–H groups in total. The molecule has 0 atom stereocenters. The predicted octanol–water partition coefficient (Wildman–Crippen LogP) is 3.35. The van der Waals surface area contributed by atoms with Gasteiger partial charge in [0.25, 0.3) is 0 Å². The minimum Gasteiger partial charge on any atom is -0.465 e. The Morgan fingerprint density at radius 3 is 2.52 bits per heavy atom. The molecule has 0 radical (unpaired) electrons. The SMILES string of the molecule is CCCCCCCC(=O)Nc1ccc(C(=O)OC)cc1N. The number of unbranched alkanes of at least 4 members (excludes halogenated alkanes) is 4. The maximum Gasteiger partial charge on any atom is 0.337 e. The van der Waals surface area contributed by atoms with E-state index in [9.17, 15) is 9.59 Å². The Balaban J connectivity index is 2.47. The van der Waals surface area contributed by atoms with E-state index in [1.54, 1.807) is 12.1 Å². The van der Waals surface area contributed by atoms with E-state index in [0.717, 1.165) is 12.8 Å². The number of methoxy groups -OCH3 is 1. The zero-order valence-electron chi connectivity index (χ0n) is 12.8. The molecule has 5 heteroatoms. The number of benzene rings is 1. The van der Waals surface area contributed by atoms with Crippen molar-refractivity contribution in [2.75, 3.05) is 18.2 Å². The fourth-order valence-corrected chi connectivity index (χ4v) is 2.02. The number of carbonyl (C=O) groups excluding carboxylic acids is 2. The molecule has 0 aliphatic rings. The maximum atomic E-state index is 11.8. The van der Waals surface area contributed by atoms with Crippen molar-refractivity contribution < 1.29 is 14.3 Å². The summed E-state index contributed by atoms with van der Waals surface area (Å²) in [5.41, 5.74) is 7.09. The van der Waals surface area contributed by atoms with Crippen LogP contribution >= 0.6 is 0 Å². The molecule has 0 saturated heterocycles. The summed E-state index contributed by atoms with van der Waals surface area (Å²) in [6.45, 7) is 2.16. The molecule has 5 nitrogen and oxygen atoms in total. The van der Waals surface area contributed by atoms with Crippen LogP contribution in [-0.4, -0.2) is 19.0 Å². The summed E-state index contributed by atoms with van der Waals surface area (Å²) in [5.74, 6) is -0.500. The molecule has 0 fully saturated rings. The minimum atomic E-state index is -0.449. The average Bonchev–Trinajstić information content (AvgIpc) is 2.48. The van der Waals surface area contributed by atoms with Crippen molar-refractivity contribution in [3.05, 3.63) is 23.8 Å². The summed E-state index contributed by atoms with van der Waals surface area (Å²) in [6, 6.07) is 4.71. The first-order chi connectivity index (χ1) is 10.1. The topological polar surface area (TPSA) is 81.4 Å². The van der Waals surface area contributed by atoms with Gasteiger partial charge in [0.05, 0.1) is 24.0 Å². The molecule has 0 unspecified atom stereocenters. The third-order valence-electron chi connectivity index (χ3n) is 3.25. The van der Waals surface area contributed by atoms with Gasteiger partial charge in [-0.05, 0) is 24.6 Å². The van der Waals surface area contributed by atoms with Crippen LogP contribution in [0.15, 0.2) is 18.2 Å². The van der Waals surface area contributed by atoms with Crippen LogP contribution in [0.2, 0.25) is 0 Å². The summed E-state index contributed by atoms with van der Waals surface area (Å²) in [7, 11) is 1.31. The second-order valence-corrected chi connectivity index (χ2v) is 5.01. The van der Waals surface area contributed by atoms with Gasteiger partial charge >= 0.3 is 5.97 Å².